The van der Waals surface area contributed by atoms with Crippen molar-refractivity contribution >= 4 is 17.3 Å². The lowest BCUT2D eigenvalue weighted by Crippen LogP contribution is -2.03. The molecule has 8 heteroatoms. The van der Waals surface area contributed by atoms with Crippen LogP contribution in [-0.2, 0) is 17.8 Å². The second kappa shape index (κ2) is 8.22. The molecule has 0 saturated heterocycles. The summed E-state index contributed by atoms with van der Waals surface area (Å²) in [6, 6.07) is 7.17. The van der Waals surface area contributed by atoms with Crippen molar-refractivity contribution in [3.8, 4) is 22.9 Å². The van der Waals surface area contributed by atoms with Crippen LogP contribution in [0.2, 0.25) is 0 Å². The molecule has 1 aromatic carbocycles. The maximum absolute atomic E-state index is 12.2. The van der Waals surface area contributed by atoms with Gasteiger partial charge in [0.15, 0.2) is 18.1 Å². The monoisotopic (exact) mass is 388 g/mol. The smallest absolute Gasteiger partial charge is 0.348 e. The van der Waals surface area contributed by atoms with Crippen molar-refractivity contribution in [2.24, 2.45) is 0 Å². The van der Waals surface area contributed by atoms with Crippen LogP contribution < -0.4 is 9.47 Å². The largest absolute Gasteiger partial charge is 0.493 e. The summed E-state index contributed by atoms with van der Waals surface area (Å²) in [5.74, 6) is 1.37. The quantitative estimate of drug-likeness (QED) is 0.565. The molecule has 0 fully saturated rings. The van der Waals surface area contributed by atoms with Gasteiger partial charge in [0, 0.05) is 10.4 Å². The fraction of sp³-hybridized carbons (Fsp3) is 0.316. The number of rotatable bonds is 7. The molecule has 3 rings (SSSR count). The van der Waals surface area contributed by atoms with Gasteiger partial charge < -0.3 is 18.7 Å². The molecule has 0 N–H and O–H groups in total. The maximum Gasteiger partial charge on any atom is 0.348 e. The van der Waals surface area contributed by atoms with E-state index in [0.29, 0.717) is 27.8 Å². The Morgan fingerprint density at radius 2 is 1.96 bits per heavy atom. The van der Waals surface area contributed by atoms with Crippen molar-refractivity contribution in [1.82, 2.24) is 10.1 Å². The highest BCUT2D eigenvalue weighted by Crippen LogP contribution is 2.31. The fourth-order valence-corrected chi connectivity index (χ4v) is 3.58. The first-order valence-electron chi connectivity index (χ1n) is 8.37. The van der Waals surface area contributed by atoms with E-state index in [2.05, 4.69) is 17.1 Å². The van der Waals surface area contributed by atoms with Gasteiger partial charge in [0.05, 0.1) is 14.2 Å². The highest BCUT2D eigenvalue weighted by Gasteiger charge is 2.16. The molecule has 142 valence electrons. The third kappa shape index (κ3) is 4.11. The minimum atomic E-state index is -0.395. The van der Waals surface area contributed by atoms with Crippen LogP contribution in [-0.4, -0.2) is 30.3 Å². The molecule has 2 heterocycles. The molecule has 2 aromatic heterocycles. The number of hydrogen-bond acceptors (Lipinski definition) is 8. The molecule has 0 aliphatic heterocycles. The van der Waals surface area contributed by atoms with Crippen molar-refractivity contribution in [3.05, 3.63) is 45.5 Å². The number of aryl methyl sites for hydroxylation is 2. The number of esters is 1. The second-order valence-corrected chi connectivity index (χ2v) is 6.96. The molecular formula is C19H20N2O5S. The number of carbonyl (C=O) groups excluding carboxylic acids is 1. The lowest BCUT2D eigenvalue weighted by atomic mass is 10.2. The second-order valence-electron chi connectivity index (χ2n) is 5.70. The number of benzene rings is 1. The van der Waals surface area contributed by atoms with Gasteiger partial charge in [0.25, 0.3) is 5.89 Å². The van der Waals surface area contributed by atoms with E-state index in [4.69, 9.17) is 18.7 Å². The van der Waals surface area contributed by atoms with Gasteiger partial charge in [-0.3, -0.25) is 0 Å². The molecule has 7 nitrogen and oxygen atoms in total. The third-order valence-electron chi connectivity index (χ3n) is 4.04. The van der Waals surface area contributed by atoms with Gasteiger partial charge in [-0.25, -0.2) is 4.79 Å². The number of aromatic nitrogens is 2. The molecule has 0 aliphatic carbocycles. The topological polar surface area (TPSA) is 83.7 Å². The zero-order valence-electron chi connectivity index (χ0n) is 15.6. The number of nitrogens with zero attached hydrogens (tertiary/aromatic N) is 2. The number of hydrogen-bond donors (Lipinski definition) is 0. The standard InChI is InChI=1S/C19H20N2O5S/c1-5-12-9-16(27-11(12)2)19(22)25-10-17-20-18(21-26-17)13-6-7-14(23-3)15(8-13)24-4/h6-9H,5,10H2,1-4H3. The summed E-state index contributed by atoms with van der Waals surface area (Å²) in [5.41, 5.74) is 1.86. The van der Waals surface area contributed by atoms with Gasteiger partial charge in [-0.1, -0.05) is 12.1 Å². The summed E-state index contributed by atoms with van der Waals surface area (Å²) >= 11 is 1.42. The van der Waals surface area contributed by atoms with E-state index in [0.717, 1.165) is 16.9 Å². The predicted molar refractivity (Wildman–Crippen MR) is 100 cm³/mol. The molecule has 0 unspecified atom stereocenters. The van der Waals surface area contributed by atoms with Gasteiger partial charge in [0.1, 0.15) is 4.88 Å². The average Bonchev–Trinajstić information content (AvgIpc) is 3.32. The summed E-state index contributed by atoms with van der Waals surface area (Å²) in [5, 5.41) is 3.93. The van der Waals surface area contributed by atoms with Crippen LogP contribution in [0.15, 0.2) is 28.8 Å². The minimum absolute atomic E-state index is 0.0858. The maximum atomic E-state index is 12.2. The van der Waals surface area contributed by atoms with E-state index in [1.807, 2.05) is 13.0 Å². The van der Waals surface area contributed by atoms with Crippen molar-refractivity contribution < 1.29 is 23.5 Å². The van der Waals surface area contributed by atoms with Gasteiger partial charge in [-0.2, -0.15) is 4.98 Å². The Kier molecular flexibility index (Phi) is 5.75. The highest BCUT2D eigenvalue weighted by atomic mass is 32.1. The zero-order chi connectivity index (χ0) is 19.4. The molecule has 0 amide bonds. The Bertz CT molecular complexity index is 947. The van der Waals surface area contributed by atoms with Gasteiger partial charge in [-0.15, -0.1) is 11.3 Å². The van der Waals surface area contributed by atoms with Crippen LogP contribution in [0.4, 0.5) is 0 Å². The van der Waals surface area contributed by atoms with Gasteiger partial charge in [0.2, 0.25) is 5.82 Å². The van der Waals surface area contributed by atoms with E-state index in [1.165, 1.54) is 11.3 Å². The van der Waals surface area contributed by atoms with Crippen LogP contribution in [0.3, 0.4) is 0 Å². The van der Waals surface area contributed by atoms with Crippen molar-refractivity contribution in [3.63, 3.8) is 0 Å². The van der Waals surface area contributed by atoms with Crippen LogP contribution in [0.5, 0.6) is 11.5 Å². The summed E-state index contributed by atoms with van der Waals surface area (Å²) in [6.45, 7) is 3.96. The molecule has 0 saturated carbocycles. The summed E-state index contributed by atoms with van der Waals surface area (Å²) < 4.78 is 21.0. The lowest BCUT2D eigenvalue weighted by molar-refractivity contribution is 0.0435. The predicted octanol–water partition coefficient (Wildman–Crippen LogP) is 4.04. The molecule has 0 bridgehead atoms. The van der Waals surface area contributed by atoms with E-state index in [-0.39, 0.29) is 12.5 Å². The van der Waals surface area contributed by atoms with E-state index < -0.39 is 5.97 Å². The van der Waals surface area contributed by atoms with Crippen molar-refractivity contribution in [2.75, 3.05) is 14.2 Å². The first-order valence-corrected chi connectivity index (χ1v) is 9.18. The molecule has 27 heavy (non-hydrogen) atoms. The summed E-state index contributed by atoms with van der Waals surface area (Å²) in [6.07, 6.45) is 0.883. The number of methoxy groups -OCH3 is 2. The molecule has 0 radical (unpaired) electrons. The van der Waals surface area contributed by atoms with Crippen LogP contribution >= 0.6 is 11.3 Å². The van der Waals surface area contributed by atoms with Crippen molar-refractivity contribution in [2.45, 2.75) is 26.9 Å². The Balaban J connectivity index is 1.68. The Morgan fingerprint density at radius 1 is 1.19 bits per heavy atom. The van der Waals surface area contributed by atoms with Gasteiger partial charge >= 0.3 is 5.97 Å². The van der Waals surface area contributed by atoms with Crippen LogP contribution in [0.1, 0.15) is 32.9 Å². The molecule has 0 atom stereocenters. The lowest BCUT2D eigenvalue weighted by Gasteiger charge is -2.07. The first kappa shape index (κ1) is 18.9. The fourth-order valence-electron chi connectivity index (χ4n) is 2.58. The summed E-state index contributed by atoms with van der Waals surface area (Å²) in [4.78, 5) is 18.2. The van der Waals surface area contributed by atoms with Crippen molar-refractivity contribution in [1.29, 1.82) is 0 Å². The first-order chi connectivity index (χ1) is 13.0. The Hall–Kier alpha value is -2.87. The third-order valence-corrected chi connectivity index (χ3v) is 5.11. The highest BCUT2D eigenvalue weighted by molar-refractivity contribution is 7.14. The van der Waals surface area contributed by atoms with Gasteiger partial charge in [-0.05, 0) is 43.2 Å². The number of ether oxygens (including phenoxy) is 3. The number of thiophene rings is 1. The Labute approximate surface area is 160 Å². The minimum Gasteiger partial charge on any atom is -0.493 e. The molecule has 3 aromatic rings. The van der Waals surface area contributed by atoms with Crippen LogP contribution in [0, 0.1) is 6.92 Å². The van der Waals surface area contributed by atoms with E-state index in [1.54, 1.807) is 32.4 Å². The normalized spacial score (nSPS) is 10.7. The molecular weight excluding hydrogens is 368 g/mol. The summed E-state index contributed by atoms with van der Waals surface area (Å²) in [7, 11) is 3.12. The van der Waals surface area contributed by atoms with Crippen LogP contribution in [0.25, 0.3) is 11.4 Å². The van der Waals surface area contributed by atoms with E-state index >= 15 is 0 Å². The number of carbonyl (C=O) groups is 1. The molecule has 0 spiro atoms. The average molecular weight is 388 g/mol. The molecule has 0 aliphatic rings. The SMILES string of the molecule is CCc1cc(C(=O)OCc2nc(-c3ccc(OC)c(OC)c3)no2)sc1C. The Morgan fingerprint density at radius 3 is 2.63 bits per heavy atom. The van der Waals surface area contributed by atoms with E-state index in [9.17, 15) is 4.79 Å². The zero-order valence-corrected chi connectivity index (χ0v) is 16.4.